The Morgan fingerprint density at radius 3 is 2.34 bits per heavy atom. The number of aromatic amines is 1. The summed E-state index contributed by atoms with van der Waals surface area (Å²) in [5, 5.41) is 19.8. The molecular formula is C21H16N2O5S. The van der Waals surface area contributed by atoms with Crippen molar-refractivity contribution in [2.45, 2.75) is 4.90 Å². The first-order valence-corrected chi connectivity index (χ1v) is 10.2. The van der Waals surface area contributed by atoms with Crippen LogP contribution in [0.25, 0.3) is 22.6 Å². The zero-order valence-electron chi connectivity index (χ0n) is 15.2. The van der Waals surface area contributed by atoms with E-state index in [1.165, 1.54) is 12.3 Å². The summed E-state index contributed by atoms with van der Waals surface area (Å²) in [6.07, 6.45) is 1.42. The number of para-hydroxylation sites is 1. The van der Waals surface area contributed by atoms with Crippen molar-refractivity contribution in [1.29, 1.82) is 0 Å². The molecule has 1 heterocycles. The van der Waals surface area contributed by atoms with Crippen molar-refractivity contribution in [3.05, 3.63) is 66.4 Å². The molecule has 1 atom stereocenters. The maximum absolute atomic E-state index is 11.9. The van der Waals surface area contributed by atoms with Gasteiger partial charge in [-0.15, -0.1) is 0 Å². The Kier molecular flexibility index (Phi) is 4.77. The molecule has 2 aliphatic rings. The van der Waals surface area contributed by atoms with Gasteiger partial charge in [0, 0.05) is 11.8 Å². The summed E-state index contributed by atoms with van der Waals surface area (Å²) in [5.41, 5.74) is 0.657. The average molecular weight is 408 g/mol. The molecule has 0 bridgehead atoms. The number of aromatic carboxylic acids is 1. The number of ether oxygens (including phenoxy) is 1. The third-order valence-electron chi connectivity index (χ3n) is 4.34. The van der Waals surface area contributed by atoms with Crippen molar-refractivity contribution in [2.24, 2.45) is 0 Å². The zero-order valence-corrected chi connectivity index (χ0v) is 16.1. The van der Waals surface area contributed by atoms with Crippen LogP contribution in [0.2, 0.25) is 0 Å². The lowest BCUT2D eigenvalue weighted by atomic mass is 10.1. The smallest absolute Gasteiger partial charge is 0.353 e. The number of H-pyrrole nitrogens is 1. The van der Waals surface area contributed by atoms with Gasteiger partial charge in [0.25, 0.3) is 0 Å². The van der Waals surface area contributed by atoms with Crippen LogP contribution in [0.1, 0.15) is 10.5 Å². The Bertz CT molecular complexity index is 1190. The molecule has 146 valence electrons. The van der Waals surface area contributed by atoms with E-state index in [1.807, 2.05) is 30.3 Å². The van der Waals surface area contributed by atoms with E-state index in [9.17, 15) is 19.2 Å². The van der Waals surface area contributed by atoms with Crippen molar-refractivity contribution in [3.8, 4) is 39.9 Å². The molecule has 0 fully saturated rings. The minimum absolute atomic E-state index is 0.0889. The molecule has 2 aromatic rings. The number of nitrogens with zero attached hydrogens (tertiary/aromatic N) is 1. The molecule has 0 aromatic heterocycles. The summed E-state index contributed by atoms with van der Waals surface area (Å²) >= 11 is 0. The number of carboxylic acids is 1. The molecule has 0 spiro atoms. The summed E-state index contributed by atoms with van der Waals surface area (Å²) in [6.45, 7) is 0. The third-order valence-corrected chi connectivity index (χ3v) is 5.28. The molecule has 8 heteroatoms. The van der Waals surface area contributed by atoms with E-state index in [2.05, 4.69) is 9.97 Å². The van der Waals surface area contributed by atoms with Crippen molar-refractivity contribution in [3.63, 3.8) is 0 Å². The molecule has 29 heavy (non-hydrogen) atoms. The predicted octanol–water partition coefficient (Wildman–Crippen LogP) is 4.12. The van der Waals surface area contributed by atoms with Crippen molar-refractivity contribution in [1.82, 2.24) is 9.97 Å². The molecule has 7 nitrogen and oxygen atoms in total. The van der Waals surface area contributed by atoms with Gasteiger partial charge in [-0.2, -0.15) is 0 Å². The number of hydrogen-bond acceptors (Lipinski definition) is 5. The molecule has 0 saturated heterocycles. The van der Waals surface area contributed by atoms with Crippen LogP contribution in [0.3, 0.4) is 0 Å². The second-order valence-electron chi connectivity index (χ2n) is 6.28. The first kappa shape index (κ1) is 18.7. The highest BCUT2D eigenvalue weighted by atomic mass is 32.2. The highest BCUT2D eigenvalue weighted by molar-refractivity contribution is 7.84. The SMILES string of the molecule is CS(=O)c1cc(O)c2nc(-c3ccc(Oc4ccccc4)cc3)[nH]c(C(=O)O)c1-2. The van der Waals surface area contributed by atoms with Crippen LogP contribution in [0, 0.1) is 0 Å². The van der Waals surface area contributed by atoms with Crippen LogP contribution in [-0.2, 0) is 10.8 Å². The highest BCUT2D eigenvalue weighted by Gasteiger charge is 2.27. The average Bonchev–Trinajstić information content (AvgIpc) is 3.05. The molecule has 1 unspecified atom stereocenters. The normalized spacial score (nSPS) is 12.0. The van der Waals surface area contributed by atoms with Gasteiger partial charge in [-0.05, 0) is 42.5 Å². The van der Waals surface area contributed by atoms with E-state index < -0.39 is 16.8 Å². The molecular weight excluding hydrogens is 392 g/mol. The molecule has 0 saturated carbocycles. The summed E-state index contributed by atoms with van der Waals surface area (Å²) in [5.74, 6) is 0.114. The van der Waals surface area contributed by atoms with Gasteiger partial charge < -0.3 is 19.9 Å². The van der Waals surface area contributed by atoms with Crippen molar-refractivity contribution in [2.75, 3.05) is 6.26 Å². The van der Waals surface area contributed by atoms with Crippen LogP contribution in [0.4, 0.5) is 0 Å². The van der Waals surface area contributed by atoms with E-state index in [4.69, 9.17) is 4.74 Å². The maximum Gasteiger partial charge on any atom is 0.353 e. The minimum atomic E-state index is -1.48. The molecule has 0 amide bonds. The minimum Gasteiger partial charge on any atom is -0.506 e. The standard InChI is InChI=1S/C21H16N2O5S/c1-29(27)16-11-15(24)18-17(16)19(21(25)26)23-20(22-18)12-7-9-14(10-8-12)28-13-5-3-2-4-6-13/h2-11,24H,1H3,(H,22,23)(H,25,26). The van der Waals surface area contributed by atoms with E-state index in [-0.39, 0.29) is 33.4 Å². The fourth-order valence-electron chi connectivity index (χ4n) is 3.01. The summed E-state index contributed by atoms with van der Waals surface area (Å²) < 4.78 is 17.7. The number of nitrogens with one attached hydrogen (secondary N) is 1. The third kappa shape index (κ3) is 3.57. The Labute approximate surface area is 168 Å². The van der Waals surface area contributed by atoms with E-state index >= 15 is 0 Å². The Morgan fingerprint density at radius 1 is 1.07 bits per heavy atom. The van der Waals surface area contributed by atoms with Crippen LogP contribution in [0.15, 0.2) is 65.6 Å². The zero-order chi connectivity index (χ0) is 20.5. The summed E-state index contributed by atoms with van der Waals surface area (Å²) in [6, 6.07) is 17.5. The van der Waals surface area contributed by atoms with Gasteiger partial charge in [0.2, 0.25) is 0 Å². The topological polar surface area (TPSA) is 113 Å². The Balaban J connectivity index is 1.76. The van der Waals surface area contributed by atoms with Gasteiger partial charge in [0.15, 0.2) is 0 Å². The van der Waals surface area contributed by atoms with Crippen molar-refractivity contribution < 1.29 is 24.0 Å². The van der Waals surface area contributed by atoms with E-state index in [0.29, 0.717) is 17.1 Å². The van der Waals surface area contributed by atoms with E-state index in [0.717, 1.165) is 0 Å². The molecule has 1 aliphatic heterocycles. The first-order valence-electron chi connectivity index (χ1n) is 8.60. The van der Waals surface area contributed by atoms with Gasteiger partial charge in [-0.25, -0.2) is 9.78 Å². The monoisotopic (exact) mass is 408 g/mol. The lowest BCUT2D eigenvalue weighted by molar-refractivity contribution is 0.0691. The maximum atomic E-state index is 11.9. The fraction of sp³-hybridized carbons (Fsp3) is 0.0476. The first-order chi connectivity index (χ1) is 13.9. The summed E-state index contributed by atoms with van der Waals surface area (Å²) in [4.78, 5) is 19.1. The van der Waals surface area contributed by atoms with Crippen LogP contribution in [0.5, 0.6) is 17.2 Å². The van der Waals surface area contributed by atoms with E-state index in [1.54, 1.807) is 24.3 Å². The molecule has 0 radical (unpaired) electrons. The van der Waals surface area contributed by atoms with Crippen LogP contribution in [-0.4, -0.2) is 36.6 Å². The van der Waals surface area contributed by atoms with Crippen LogP contribution < -0.4 is 4.74 Å². The van der Waals surface area contributed by atoms with Gasteiger partial charge in [-0.3, -0.25) is 4.21 Å². The molecule has 4 rings (SSSR count). The lowest BCUT2D eigenvalue weighted by Gasteiger charge is -2.11. The number of fused-ring (bicyclic) bond motifs is 1. The lowest BCUT2D eigenvalue weighted by Crippen LogP contribution is -2.08. The van der Waals surface area contributed by atoms with Crippen LogP contribution >= 0.6 is 0 Å². The number of aromatic hydroxyl groups is 1. The number of carboxylic acid groups (broad SMARTS) is 1. The number of rotatable bonds is 5. The van der Waals surface area contributed by atoms with Gasteiger partial charge in [0.05, 0.1) is 21.3 Å². The highest BCUT2D eigenvalue weighted by Crippen LogP contribution is 2.40. The van der Waals surface area contributed by atoms with Crippen molar-refractivity contribution >= 4 is 16.8 Å². The Hall–Kier alpha value is -3.65. The van der Waals surface area contributed by atoms with Gasteiger partial charge in [0.1, 0.15) is 34.5 Å². The predicted molar refractivity (Wildman–Crippen MR) is 108 cm³/mol. The summed E-state index contributed by atoms with van der Waals surface area (Å²) in [7, 11) is -1.48. The quantitative estimate of drug-likeness (QED) is 0.458. The largest absolute Gasteiger partial charge is 0.506 e. The number of hydrogen-bond donors (Lipinski definition) is 3. The fourth-order valence-corrected chi connectivity index (χ4v) is 3.78. The number of carbonyl (C=O) groups is 1. The van der Waals surface area contributed by atoms with Gasteiger partial charge >= 0.3 is 5.97 Å². The molecule has 2 aromatic carbocycles. The number of aromatic nitrogens is 2. The second kappa shape index (κ2) is 7.40. The molecule has 3 N–H and O–H groups in total. The number of benzene rings is 2. The molecule has 1 aliphatic carbocycles. The Morgan fingerprint density at radius 2 is 1.72 bits per heavy atom. The van der Waals surface area contributed by atoms with Gasteiger partial charge in [-0.1, -0.05) is 18.2 Å². The second-order valence-corrected chi connectivity index (χ2v) is 7.62.